The van der Waals surface area contributed by atoms with E-state index in [1.165, 1.54) is 0 Å². The SMILES string of the molecule is O=CN1CC2(C1)CN(C1CCCN(C(=O)OCc3ccccc3)C1)C(=O)O2. The average Bonchev–Trinajstić information content (AvgIpc) is 3.03. The zero-order valence-corrected chi connectivity index (χ0v) is 15.1. The molecule has 1 spiro atoms. The number of ether oxygens (including phenoxy) is 2. The first-order valence-electron chi connectivity index (χ1n) is 9.23. The van der Waals surface area contributed by atoms with Crippen molar-refractivity contribution in [2.75, 3.05) is 32.7 Å². The molecule has 0 radical (unpaired) electrons. The van der Waals surface area contributed by atoms with Gasteiger partial charge in [0, 0.05) is 13.1 Å². The van der Waals surface area contributed by atoms with Crippen molar-refractivity contribution in [1.29, 1.82) is 0 Å². The van der Waals surface area contributed by atoms with Crippen molar-refractivity contribution in [3.05, 3.63) is 35.9 Å². The lowest BCUT2D eigenvalue weighted by Crippen LogP contribution is -2.63. The predicted octanol–water partition coefficient (Wildman–Crippen LogP) is 1.45. The normalized spacial score (nSPS) is 23.8. The summed E-state index contributed by atoms with van der Waals surface area (Å²) >= 11 is 0. The summed E-state index contributed by atoms with van der Waals surface area (Å²) in [6.07, 6.45) is 1.69. The first kappa shape index (κ1) is 17.6. The number of nitrogens with zero attached hydrogens (tertiary/aromatic N) is 3. The summed E-state index contributed by atoms with van der Waals surface area (Å²) in [4.78, 5) is 40.5. The molecule has 3 aliphatic heterocycles. The van der Waals surface area contributed by atoms with Gasteiger partial charge in [0.05, 0.1) is 25.7 Å². The molecule has 3 aliphatic rings. The van der Waals surface area contributed by atoms with Crippen LogP contribution in [0.4, 0.5) is 9.59 Å². The van der Waals surface area contributed by atoms with Gasteiger partial charge in [-0.2, -0.15) is 0 Å². The molecule has 4 rings (SSSR count). The minimum Gasteiger partial charge on any atom is -0.445 e. The highest BCUT2D eigenvalue weighted by Gasteiger charge is 2.55. The van der Waals surface area contributed by atoms with Crippen LogP contribution < -0.4 is 0 Å². The van der Waals surface area contributed by atoms with Crippen LogP contribution in [0, 0.1) is 0 Å². The largest absolute Gasteiger partial charge is 0.445 e. The van der Waals surface area contributed by atoms with Crippen LogP contribution in [-0.2, 0) is 20.9 Å². The lowest BCUT2D eigenvalue weighted by molar-refractivity contribution is -0.136. The summed E-state index contributed by atoms with van der Waals surface area (Å²) in [5.41, 5.74) is 0.364. The van der Waals surface area contributed by atoms with Gasteiger partial charge in [0.15, 0.2) is 5.60 Å². The highest BCUT2D eigenvalue weighted by molar-refractivity contribution is 5.73. The Balaban J connectivity index is 1.32. The molecule has 0 aromatic heterocycles. The maximum absolute atomic E-state index is 12.4. The topological polar surface area (TPSA) is 79.4 Å². The molecule has 8 heteroatoms. The third-order valence-corrected chi connectivity index (χ3v) is 5.43. The molecular formula is C19H23N3O5. The van der Waals surface area contributed by atoms with E-state index in [4.69, 9.17) is 9.47 Å². The molecule has 3 fully saturated rings. The van der Waals surface area contributed by atoms with Gasteiger partial charge < -0.3 is 19.3 Å². The third-order valence-electron chi connectivity index (χ3n) is 5.43. The van der Waals surface area contributed by atoms with Crippen molar-refractivity contribution in [2.24, 2.45) is 0 Å². The Morgan fingerprint density at radius 2 is 2.04 bits per heavy atom. The van der Waals surface area contributed by atoms with E-state index in [1.54, 1.807) is 14.7 Å². The van der Waals surface area contributed by atoms with E-state index in [1.807, 2.05) is 30.3 Å². The van der Waals surface area contributed by atoms with E-state index in [0.29, 0.717) is 32.7 Å². The highest BCUT2D eigenvalue weighted by atomic mass is 16.6. The van der Waals surface area contributed by atoms with E-state index in [-0.39, 0.29) is 24.8 Å². The lowest BCUT2D eigenvalue weighted by atomic mass is 9.94. The molecule has 1 aromatic carbocycles. The Morgan fingerprint density at radius 3 is 2.78 bits per heavy atom. The van der Waals surface area contributed by atoms with Gasteiger partial charge >= 0.3 is 12.2 Å². The number of piperidine rings is 1. The smallest absolute Gasteiger partial charge is 0.410 e. The molecule has 0 bridgehead atoms. The Morgan fingerprint density at radius 1 is 1.26 bits per heavy atom. The van der Waals surface area contributed by atoms with Gasteiger partial charge in [-0.3, -0.25) is 9.69 Å². The molecule has 0 N–H and O–H groups in total. The van der Waals surface area contributed by atoms with Crippen LogP contribution in [0.2, 0.25) is 0 Å². The number of amides is 3. The number of benzene rings is 1. The molecule has 0 saturated carbocycles. The van der Waals surface area contributed by atoms with Crippen LogP contribution in [0.5, 0.6) is 0 Å². The summed E-state index contributed by atoms with van der Waals surface area (Å²) in [6.45, 7) is 2.64. The van der Waals surface area contributed by atoms with Crippen molar-refractivity contribution in [3.8, 4) is 0 Å². The van der Waals surface area contributed by atoms with Crippen LogP contribution in [0.15, 0.2) is 30.3 Å². The van der Waals surface area contributed by atoms with Gasteiger partial charge in [-0.05, 0) is 18.4 Å². The van der Waals surface area contributed by atoms with Crippen LogP contribution in [0.1, 0.15) is 18.4 Å². The summed E-state index contributed by atoms with van der Waals surface area (Å²) in [5, 5.41) is 0. The maximum Gasteiger partial charge on any atom is 0.410 e. The monoisotopic (exact) mass is 373 g/mol. The molecule has 1 atom stereocenters. The fraction of sp³-hybridized carbons (Fsp3) is 0.526. The fourth-order valence-electron chi connectivity index (χ4n) is 4.05. The quantitative estimate of drug-likeness (QED) is 0.747. The second-order valence-electron chi connectivity index (χ2n) is 7.47. The predicted molar refractivity (Wildman–Crippen MR) is 94.8 cm³/mol. The van der Waals surface area contributed by atoms with Crippen molar-refractivity contribution in [2.45, 2.75) is 31.1 Å². The van der Waals surface area contributed by atoms with Gasteiger partial charge in [0.1, 0.15) is 6.61 Å². The number of likely N-dealkylation sites (tertiary alicyclic amines) is 2. The summed E-state index contributed by atoms with van der Waals surface area (Å²) < 4.78 is 10.9. The molecular weight excluding hydrogens is 350 g/mol. The maximum atomic E-state index is 12.4. The van der Waals surface area contributed by atoms with Gasteiger partial charge in [-0.1, -0.05) is 30.3 Å². The van der Waals surface area contributed by atoms with Gasteiger partial charge in [-0.25, -0.2) is 9.59 Å². The van der Waals surface area contributed by atoms with Crippen molar-refractivity contribution in [3.63, 3.8) is 0 Å². The Kier molecular flexibility index (Phi) is 4.63. The van der Waals surface area contributed by atoms with E-state index < -0.39 is 5.60 Å². The summed E-state index contributed by atoms with van der Waals surface area (Å²) in [5.74, 6) is 0. The van der Waals surface area contributed by atoms with Crippen molar-refractivity contribution in [1.82, 2.24) is 14.7 Å². The zero-order chi connectivity index (χ0) is 18.9. The third kappa shape index (κ3) is 3.56. The van der Waals surface area contributed by atoms with Gasteiger partial charge in [0.2, 0.25) is 6.41 Å². The number of carbonyl (C=O) groups excluding carboxylic acids is 3. The Bertz CT molecular complexity index is 719. The van der Waals surface area contributed by atoms with Crippen LogP contribution in [0.3, 0.4) is 0 Å². The molecule has 3 amide bonds. The molecule has 27 heavy (non-hydrogen) atoms. The van der Waals surface area contributed by atoms with Gasteiger partial charge in [0.25, 0.3) is 0 Å². The Labute approximate surface area is 157 Å². The summed E-state index contributed by atoms with van der Waals surface area (Å²) in [6, 6.07) is 9.46. The van der Waals surface area contributed by atoms with E-state index >= 15 is 0 Å². The molecule has 0 aliphatic carbocycles. The molecule has 3 saturated heterocycles. The van der Waals surface area contributed by atoms with E-state index in [2.05, 4.69) is 0 Å². The Hall–Kier alpha value is -2.77. The number of rotatable bonds is 4. The second kappa shape index (κ2) is 7.09. The highest BCUT2D eigenvalue weighted by Crippen LogP contribution is 2.34. The standard InChI is InChI=1S/C19H23N3O5/c23-14-20-11-19(12-20)13-22(18(25)27-19)16-7-4-8-21(9-16)17(24)26-10-15-5-2-1-3-6-15/h1-3,5-6,14,16H,4,7-13H2. The van der Waals surface area contributed by atoms with Crippen LogP contribution in [0.25, 0.3) is 0 Å². The molecule has 8 nitrogen and oxygen atoms in total. The minimum atomic E-state index is -0.575. The number of carbonyl (C=O) groups is 3. The molecule has 144 valence electrons. The van der Waals surface area contributed by atoms with Crippen molar-refractivity contribution >= 4 is 18.6 Å². The molecule has 3 heterocycles. The average molecular weight is 373 g/mol. The van der Waals surface area contributed by atoms with Crippen molar-refractivity contribution < 1.29 is 23.9 Å². The van der Waals surface area contributed by atoms with E-state index in [0.717, 1.165) is 24.8 Å². The van der Waals surface area contributed by atoms with Gasteiger partial charge in [-0.15, -0.1) is 0 Å². The molecule has 1 aromatic rings. The second-order valence-corrected chi connectivity index (χ2v) is 7.47. The lowest BCUT2D eigenvalue weighted by Gasteiger charge is -2.43. The fourth-order valence-corrected chi connectivity index (χ4v) is 4.05. The van der Waals surface area contributed by atoms with Crippen LogP contribution in [-0.4, -0.2) is 77.7 Å². The first-order chi connectivity index (χ1) is 13.1. The zero-order valence-electron chi connectivity index (χ0n) is 15.1. The van der Waals surface area contributed by atoms with Crippen LogP contribution >= 0.6 is 0 Å². The molecule has 1 unspecified atom stereocenters. The number of hydrogen-bond donors (Lipinski definition) is 0. The summed E-state index contributed by atoms with van der Waals surface area (Å²) in [7, 11) is 0. The minimum absolute atomic E-state index is 0.0832. The first-order valence-corrected chi connectivity index (χ1v) is 9.23. The van der Waals surface area contributed by atoms with E-state index in [9.17, 15) is 14.4 Å². The number of hydrogen-bond acceptors (Lipinski definition) is 5.